The first-order valence-electron chi connectivity index (χ1n) is 11.9. The smallest absolute Gasteiger partial charge is 0.326 e. The summed E-state index contributed by atoms with van der Waals surface area (Å²) >= 11 is 1.41. The molecule has 3 N–H and O–H groups in total. The largest absolute Gasteiger partial charge is 0.493 e. The van der Waals surface area contributed by atoms with Gasteiger partial charge < -0.3 is 19.9 Å². The fourth-order valence-electron chi connectivity index (χ4n) is 4.48. The van der Waals surface area contributed by atoms with Crippen molar-refractivity contribution < 1.29 is 9.90 Å². The number of aromatic amines is 2. The lowest BCUT2D eigenvalue weighted by Gasteiger charge is -2.23. The Kier molecular flexibility index (Phi) is 5.49. The van der Waals surface area contributed by atoms with Crippen LogP contribution in [0.2, 0.25) is 0 Å². The van der Waals surface area contributed by atoms with Crippen LogP contribution >= 0.6 is 11.3 Å². The van der Waals surface area contributed by atoms with Gasteiger partial charge in [-0.2, -0.15) is 9.61 Å². The molecular formula is C24H26N8O3S. The van der Waals surface area contributed by atoms with E-state index in [1.165, 1.54) is 11.3 Å². The molecule has 1 unspecified atom stereocenters. The van der Waals surface area contributed by atoms with Gasteiger partial charge in [0.15, 0.2) is 11.1 Å². The summed E-state index contributed by atoms with van der Waals surface area (Å²) in [6, 6.07) is 6.15. The number of aromatic hydroxyl groups is 1. The number of hydrogen-bond donors (Lipinski definition) is 3. The topological polar surface area (TPSA) is 135 Å². The number of likely N-dealkylation sites (tertiary alicyclic amines) is 1. The number of fused-ring (bicyclic) bond motifs is 1. The normalized spacial score (nSPS) is 19.6. The minimum Gasteiger partial charge on any atom is -0.493 e. The van der Waals surface area contributed by atoms with Crippen molar-refractivity contribution in [2.24, 2.45) is 4.99 Å². The minimum atomic E-state index is -0.502. The number of amides is 1. The van der Waals surface area contributed by atoms with E-state index < -0.39 is 5.69 Å². The lowest BCUT2D eigenvalue weighted by Crippen LogP contribution is -2.38. The second kappa shape index (κ2) is 8.71. The van der Waals surface area contributed by atoms with Crippen molar-refractivity contribution in [2.45, 2.75) is 31.3 Å². The van der Waals surface area contributed by atoms with Gasteiger partial charge in [-0.15, -0.1) is 11.3 Å². The van der Waals surface area contributed by atoms with E-state index in [0.29, 0.717) is 26.9 Å². The highest BCUT2D eigenvalue weighted by Gasteiger charge is 2.28. The molecule has 12 heteroatoms. The lowest BCUT2D eigenvalue weighted by atomic mass is 10.2. The lowest BCUT2D eigenvalue weighted by molar-refractivity contribution is 0.0742. The van der Waals surface area contributed by atoms with Crippen LogP contribution in [0.5, 0.6) is 5.88 Å². The van der Waals surface area contributed by atoms with E-state index in [-0.39, 0.29) is 29.6 Å². The molecule has 1 aliphatic heterocycles. The summed E-state index contributed by atoms with van der Waals surface area (Å²) in [4.78, 5) is 44.8. The summed E-state index contributed by atoms with van der Waals surface area (Å²) in [6.45, 7) is 1.88. The van der Waals surface area contributed by atoms with E-state index in [9.17, 15) is 14.7 Å². The Balaban J connectivity index is 1.41. The average Bonchev–Trinajstić information content (AvgIpc) is 3.22. The molecule has 1 atom stereocenters. The van der Waals surface area contributed by atoms with Gasteiger partial charge in [-0.05, 0) is 51.1 Å². The molecule has 2 fully saturated rings. The van der Waals surface area contributed by atoms with Crippen LogP contribution in [-0.4, -0.2) is 84.6 Å². The Hall–Kier alpha value is -3.77. The second-order valence-corrected chi connectivity index (χ2v) is 10.5. The average molecular weight is 507 g/mol. The third-order valence-electron chi connectivity index (χ3n) is 6.68. The Morgan fingerprint density at radius 1 is 1.31 bits per heavy atom. The zero-order valence-electron chi connectivity index (χ0n) is 19.9. The molecule has 0 radical (unpaired) electrons. The van der Waals surface area contributed by atoms with Gasteiger partial charge >= 0.3 is 5.69 Å². The molecule has 4 aromatic rings. The van der Waals surface area contributed by atoms with E-state index in [2.05, 4.69) is 27.0 Å². The predicted molar refractivity (Wildman–Crippen MR) is 135 cm³/mol. The molecule has 6 rings (SSSR count). The minimum absolute atomic E-state index is 0.0146. The van der Waals surface area contributed by atoms with Crippen molar-refractivity contribution in [3.63, 3.8) is 0 Å². The van der Waals surface area contributed by atoms with Crippen LogP contribution in [-0.2, 0) is 0 Å². The number of nitrogens with one attached hydrogen (secondary N) is 2. The second-order valence-electron chi connectivity index (χ2n) is 9.47. The van der Waals surface area contributed by atoms with Gasteiger partial charge in [-0.25, -0.2) is 9.78 Å². The summed E-state index contributed by atoms with van der Waals surface area (Å²) in [5.74, 6) is -0.238. The number of thiophene rings is 1. The molecule has 0 spiro atoms. The maximum Gasteiger partial charge on any atom is 0.326 e. The molecule has 1 amide bonds. The molecule has 5 heterocycles. The summed E-state index contributed by atoms with van der Waals surface area (Å²) in [5.41, 5.74) is 1.65. The summed E-state index contributed by atoms with van der Waals surface area (Å²) in [6.07, 6.45) is 6.30. The number of aromatic nitrogens is 5. The molecule has 0 aromatic carbocycles. The summed E-state index contributed by atoms with van der Waals surface area (Å²) in [7, 11) is 3.95. The first-order chi connectivity index (χ1) is 17.4. The third kappa shape index (κ3) is 4.22. The van der Waals surface area contributed by atoms with Gasteiger partial charge in [0, 0.05) is 30.9 Å². The molecule has 0 bridgehead atoms. The van der Waals surface area contributed by atoms with Gasteiger partial charge in [-0.1, -0.05) is 0 Å². The SMILES string of the molecule is CN1CCC(N(C)C(=O)c2ccc(-c3cc(=NC4CC4)n4nc/c(=C/c5[nH]c(=O)[nH]c5O)c4n3)s2)C1. The molecule has 11 nitrogen and oxygen atoms in total. The quantitative estimate of drug-likeness (QED) is 0.362. The Labute approximate surface area is 209 Å². The first-order valence-corrected chi connectivity index (χ1v) is 12.7. The highest BCUT2D eigenvalue weighted by Crippen LogP contribution is 2.28. The van der Waals surface area contributed by atoms with E-state index >= 15 is 0 Å². The number of carbonyl (C=O) groups excluding carboxylic acids is 1. The van der Waals surface area contributed by atoms with Crippen LogP contribution in [0.25, 0.3) is 22.3 Å². The fourth-order valence-corrected chi connectivity index (χ4v) is 5.43. The van der Waals surface area contributed by atoms with Gasteiger partial charge in [-0.3, -0.25) is 14.8 Å². The number of imidazole rings is 1. The Morgan fingerprint density at radius 3 is 2.83 bits per heavy atom. The predicted octanol–water partition coefficient (Wildman–Crippen LogP) is 0.567. The van der Waals surface area contributed by atoms with Crippen LogP contribution in [0.15, 0.2) is 34.2 Å². The molecule has 36 heavy (non-hydrogen) atoms. The van der Waals surface area contributed by atoms with Crippen molar-refractivity contribution in [2.75, 3.05) is 27.2 Å². The standard InChI is InChI=1S/C24H26N8O3S/c1-30-8-7-15(12-30)31(2)23(34)19-6-5-18(36-19)16-10-20(26-14-3-4-14)32-21(27-16)13(11-25-32)9-17-22(33)29-24(35)28-17/h5-6,9-11,14-15,33H,3-4,7-8,12H2,1-2H3,(H2,28,29,35)/b13-9-,26-20?. The Morgan fingerprint density at radius 2 is 2.14 bits per heavy atom. The molecule has 1 saturated carbocycles. The van der Waals surface area contributed by atoms with E-state index in [0.717, 1.165) is 37.2 Å². The number of carbonyl (C=O) groups is 1. The van der Waals surface area contributed by atoms with Crippen LogP contribution in [0.4, 0.5) is 0 Å². The van der Waals surface area contributed by atoms with E-state index in [1.807, 2.05) is 30.1 Å². The number of likely N-dealkylation sites (N-methyl/N-ethyl adjacent to an activating group) is 2. The van der Waals surface area contributed by atoms with Crippen molar-refractivity contribution in [3.8, 4) is 16.5 Å². The summed E-state index contributed by atoms with van der Waals surface area (Å²) < 4.78 is 1.67. The highest BCUT2D eigenvalue weighted by molar-refractivity contribution is 7.17. The zero-order valence-corrected chi connectivity index (χ0v) is 20.7. The van der Waals surface area contributed by atoms with Gasteiger partial charge in [0.1, 0.15) is 5.69 Å². The molecular weight excluding hydrogens is 480 g/mol. The van der Waals surface area contributed by atoms with Crippen molar-refractivity contribution in [3.05, 3.63) is 56.2 Å². The Bertz CT molecular complexity index is 1640. The number of H-pyrrole nitrogens is 2. The van der Waals surface area contributed by atoms with Crippen molar-refractivity contribution >= 4 is 29.0 Å². The molecule has 4 aromatic heterocycles. The van der Waals surface area contributed by atoms with Gasteiger partial charge in [0.05, 0.1) is 27.7 Å². The maximum atomic E-state index is 13.2. The monoisotopic (exact) mass is 506 g/mol. The van der Waals surface area contributed by atoms with E-state index in [4.69, 9.17) is 9.98 Å². The van der Waals surface area contributed by atoms with Crippen LogP contribution in [0.1, 0.15) is 34.6 Å². The summed E-state index contributed by atoms with van der Waals surface area (Å²) in [5, 5.41) is 15.1. The van der Waals surface area contributed by atoms with Crippen molar-refractivity contribution in [1.29, 1.82) is 0 Å². The zero-order chi connectivity index (χ0) is 25.0. The van der Waals surface area contributed by atoms with Crippen LogP contribution in [0.3, 0.4) is 0 Å². The van der Waals surface area contributed by atoms with Gasteiger partial charge in [0.25, 0.3) is 5.91 Å². The maximum absolute atomic E-state index is 13.2. The van der Waals surface area contributed by atoms with Crippen molar-refractivity contribution in [1.82, 2.24) is 34.4 Å². The molecule has 1 saturated heterocycles. The van der Waals surface area contributed by atoms with E-state index in [1.54, 1.807) is 16.8 Å². The number of nitrogens with zero attached hydrogens (tertiary/aromatic N) is 6. The van der Waals surface area contributed by atoms with Crippen LogP contribution < -0.4 is 16.4 Å². The molecule has 2 aliphatic rings. The third-order valence-corrected chi connectivity index (χ3v) is 7.78. The first kappa shape index (κ1) is 22.7. The fraction of sp³-hybridized carbons (Fsp3) is 0.375. The number of hydrogen-bond acceptors (Lipinski definition) is 8. The van der Waals surface area contributed by atoms with Crippen LogP contribution in [0, 0.1) is 0 Å². The molecule has 1 aliphatic carbocycles. The number of rotatable bonds is 5. The molecule has 186 valence electrons. The highest BCUT2D eigenvalue weighted by atomic mass is 32.1. The van der Waals surface area contributed by atoms with Gasteiger partial charge in [0.2, 0.25) is 5.88 Å².